The zero-order valence-corrected chi connectivity index (χ0v) is 10.1. The van der Waals surface area contributed by atoms with Crippen LogP contribution in [0.1, 0.15) is 26.7 Å². The molecule has 0 aliphatic carbocycles. The first-order valence-corrected chi connectivity index (χ1v) is 5.52. The fourth-order valence-electron chi connectivity index (χ4n) is 1.06. The number of halogens is 1. The van der Waals surface area contributed by atoms with Crippen molar-refractivity contribution in [2.75, 3.05) is 13.7 Å². The van der Waals surface area contributed by atoms with Crippen LogP contribution < -0.4 is 5.32 Å². The van der Waals surface area contributed by atoms with Gasteiger partial charge in [-0.1, -0.05) is 29.8 Å². The van der Waals surface area contributed by atoms with Crippen molar-refractivity contribution in [2.45, 2.75) is 37.6 Å². The van der Waals surface area contributed by atoms with Gasteiger partial charge < -0.3 is 10.1 Å². The molecule has 1 N–H and O–H groups in total. The van der Waals surface area contributed by atoms with Crippen LogP contribution in [0.2, 0.25) is 0 Å². The molecule has 0 fully saturated rings. The van der Waals surface area contributed by atoms with E-state index in [9.17, 15) is 4.79 Å². The summed E-state index contributed by atoms with van der Waals surface area (Å²) in [6, 6.07) is 0.490. The Kier molecular flexibility index (Phi) is 7.28. The summed E-state index contributed by atoms with van der Waals surface area (Å²) in [5.41, 5.74) is 0. The molecule has 0 spiro atoms. The number of carbonyl (C=O) groups is 1. The quantitative estimate of drug-likeness (QED) is 0.577. The van der Waals surface area contributed by atoms with E-state index in [1.807, 2.05) is 0 Å². The predicted molar refractivity (Wildman–Crippen MR) is 57.1 cm³/mol. The first kappa shape index (κ1) is 12.9. The smallest absolute Gasteiger partial charge is 0.320 e. The Bertz CT molecular complexity index is 149. The molecular formula is C9H18BrNO2. The van der Waals surface area contributed by atoms with Crippen molar-refractivity contribution in [1.29, 1.82) is 0 Å². The van der Waals surface area contributed by atoms with Crippen LogP contribution in [0.3, 0.4) is 0 Å². The van der Waals surface area contributed by atoms with Gasteiger partial charge in [-0.25, -0.2) is 0 Å². The fraction of sp³-hybridized carbons (Fsp3) is 0.889. The molecule has 0 rings (SSSR count). The van der Waals surface area contributed by atoms with Crippen molar-refractivity contribution in [3.8, 4) is 0 Å². The van der Waals surface area contributed by atoms with Crippen LogP contribution in [0.25, 0.3) is 0 Å². The van der Waals surface area contributed by atoms with Crippen LogP contribution in [0.5, 0.6) is 0 Å². The molecule has 0 heterocycles. The maximum Gasteiger partial charge on any atom is 0.320 e. The number of hydrogen-bond acceptors (Lipinski definition) is 3. The first-order chi connectivity index (χ1) is 6.15. The van der Waals surface area contributed by atoms with E-state index < -0.39 is 0 Å². The molecule has 1 atom stereocenters. The number of nitrogens with one attached hydrogen (secondary N) is 1. The van der Waals surface area contributed by atoms with E-state index >= 15 is 0 Å². The molecule has 0 aliphatic rings. The van der Waals surface area contributed by atoms with Gasteiger partial charge in [-0.05, 0) is 12.8 Å². The second-order valence-electron chi connectivity index (χ2n) is 2.91. The number of hydrogen-bond donors (Lipinski definition) is 1. The van der Waals surface area contributed by atoms with Gasteiger partial charge in [0.2, 0.25) is 0 Å². The molecule has 3 nitrogen and oxygen atoms in total. The van der Waals surface area contributed by atoms with Crippen LogP contribution in [-0.4, -0.2) is 30.5 Å². The van der Waals surface area contributed by atoms with E-state index in [0.717, 1.165) is 12.8 Å². The minimum absolute atomic E-state index is 0.224. The van der Waals surface area contributed by atoms with Gasteiger partial charge in [-0.15, -0.1) is 0 Å². The normalized spacial score (nSPS) is 13.0. The van der Waals surface area contributed by atoms with E-state index in [1.54, 1.807) is 0 Å². The number of methoxy groups -OCH3 is 1. The Hall–Kier alpha value is -0.0900. The summed E-state index contributed by atoms with van der Waals surface area (Å²) in [7, 11) is 1.40. The minimum Gasteiger partial charge on any atom is -0.468 e. The third-order valence-corrected chi connectivity index (χ3v) is 2.73. The molecule has 0 saturated heterocycles. The second-order valence-corrected chi connectivity index (χ2v) is 4.02. The van der Waals surface area contributed by atoms with Gasteiger partial charge in [0.1, 0.15) is 4.83 Å². The van der Waals surface area contributed by atoms with E-state index in [-0.39, 0.29) is 10.8 Å². The highest BCUT2D eigenvalue weighted by Gasteiger charge is 2.15. The minimum atomic E-state index is -0.238. The van der Waals surface area contributed by atoms with Crippen molar-refractivity contribution in [2.24, 2.45) is 0 Å². The maximum atomic E-state index is 11.0. The monoisotopic (exact) mass is 251 g/mol. The van der Waals surface area contributed by atoms with Crippen molar-refractivity contribution in [3.05, 3.63) is 0 Å². The summed E-state index contributed by atoms with van der Waals surface area (Å²) in [4.78, 5) is 10.8. The van der Waals surface area contributed by atoms with Gasteiger partial charge in [0, 0.05) is 12.6 Å². The largest absolute Gasteiger partial charge is 0.468 e. The van der Waals surface area contributed by atoms with E-state index in [0.29, 0.717) is 12.6 Å². The lowest BCUT2D eigenvalue weighted by molar-refractivity contribution is -0.139. The number of carbonyl (C=O) groups excluding carboxylic acids is 1. The Balaban J connectivity index is 3.67. The highest BCUT2D eigenvalue weighted by Crippen LogP contribution is 2.02. The van der Waals surface area contributed by atoms with Gasteiger partial charge in [0.15, 0.2) is 0 Å². The molecule has 0 aromatic heterocycles. The molecule has 0 aromatic carbocycles. The average Bonchev–Trinajstić information content (AvgIpc) is 2.17. The summed E-state index contributed by atoms with van der Waals surface area (Å²) >= 11 is 3.25. The average molecular weight is 252 g/mol. The lowest BCUT2D eigenvalue weighted by atomic mass is 10.2. The number of alkyl halides is 1. The second kappa shape index (κ2) is 7.33. The molecule has 0 amide bonds. The van der Waals surface area contributed by atoms with E-state index in [4.69, 9.17) is 0 Å². The summed E-state index contributed by atoms with van der Waals surface area (Å²) in [6.45, 7) is 4.88. The summed E-state index contributed by atoms with van der Waals surface area (Å²) in [6.07, 6.45) is 2.16. The van der Waals surface area contributed by atoms with Gasteiger partial charge >= 0.3 is 5.97 Å². The molecule has 0 aliphatic heterocycles. The van der Waals surface area contributed by atoms with E-state index in [1.165, 1.54) is 7.11 Å². The molecular weight excluding hydrogens is 234 g/mol. The number of esters is 1. The number of rotatable bonds is 6. The summed E-state index contributed by atoms with van der Waals surface area (Å²) in [5, 5.41) is 3.29. The zero-order valence-electron chi connectivity index (χ0n) is 8.47. The van der Waals surface area contributed by atoms with Gasteiger partial charge in [0.25, 0.3) is 0 Å². The van der Waals surface area contributed by atoms with Gasteiger partial charge in [0.05, 0.1) is 7.11 Å². The fourth-order valence-corrected chi connectivity index (χ4v) is 1.43. The standard InChI is InChI=1S/C9H18BrNO2/c1-4-7(5-2)11-6-8(10)9(12)13-3/h7-8,11H,4-6H2,1-3H3. The highest BCUT2D eigenvalue weighted by atomic mass is 79.9. The lowest BCUT2D eigenvalue weighted by Crippen LogP contribution is -2.36. The third-order valence-electron chi connectivity index (χ3n) is 2.03. The SMILES string of the molecule is CCC(CC)NCC(Br)C(=O)OC. The van der Waals surface area contributed by atoms with Gasteiger partial charge in [-0.2, -0.15) is 0 Å². The molecule has 4 heteroatoms. The van der Waals surface area contributed by atoms with E-state index in [2.05, 4.69) is 39.8 Å². The van der Waals surface area contributed by atoms with Crippen LogP contribution in [0.15, 0.2) is 0 Å². The van der Waals surface area contributed by atoms with Crippen molar-refractivity contribution >= 4 is 21.9 Å². The molecule has 0 bridgehead atoms. The molecule has 0 saturated carbocycles. The molecule has 0 aromatic rings. The van der Waals surface area contributed by atoms with Crippen LogP contribution in [-0.2, 0) is 9.53 Å². The zero-order chi connectivity index (χ0) is 10.3. The molecule has 1 unspecified atom stereocenters. The van der Waals surface area contributed by atoms with Crippen LogP contribution in [0.4, 0.5) is 0 Å². The molecule has 13 heavy (non-hydrogen) atoms. The highest BCUT2D eigenvalue weighted by molar-refractivity contribution is 9.10. The summed E-state index contributed by atoms with van der Waals surface area (Å²) < 4.78 is 4.59. The first-order valence-electron chi connectivity index (χ1n) is 4.60. The van der Waals surface area contributed by atoms with Crippen molar-refractivity contribution in [1.82, 2.24) is 5.32 Å². The lowest BCUT2D eigenvalue weighted by Gasteiger charge is -2.16. The predicted octanol–water partition coefficient (Wildman–Crippen LogP) is 1.70. The summed E-state index contributed by atoms with van der Waals surface area (Å²) in [5.74, 6) is -0.224. The molecule has 78 valence electrons. The van der Waals surface area contributed by atoms with Crippen LogP contribution in [0, 0.1) is 0 Å². The maximum absolute atomic E-state index is 11.0. The Morgan fingerprint density at radius 2 is 2.00 bits per heavy atom. The van der Waals surface area contributed by atoms with Crippen molar-refractivity contribution in [3.63, 3.8) is 0 Å². The Morgan fingerprint density at radius 3 is 2.38 bits per heavy atom. The third kappa shape index (κ3) is 5.26. The van der Waals surface area contributed by atoms with Crippen LogP contribution >= 0.6 is 15.9 Å². The Morgan fingerprint density at radius 1 is 1.46 bits per heavy atom. The Labute approximate surface area is 88.4 Å². The van der Waals surface area contributed by atoms with Gasteiger partial charge in [-0.3, -0.25) is 4.79 Å². The topological polar surface area (TPSA) is 38.3 Å². The van der Waals surface area contributed by atoms with Crippen molar-refractivity contribution < 1.29 is 9.53 Å². The number of ether oxygens (including phenoxy) is 1. The molecule has 0 radical (unpaired) electrons.